The second-order valence-corrected chi connectivity index (χ2v) is 3.80. The minimum absolute atomic E-state index is 0.548. The minimum Gasteiger partial charge on any atom is -0.369 e. The highest BCUT2D eigenvalue weighted by molar-refractivity contribution is 5.95. The van der Waals surface area contributed by atoms with Crippen LogP contribution in [0, 0.1) is 5.41 Å². The van der Waals surface area contributed by atoms with Crippen molar-refractivity contribution in [2.45, 2.75) is 33.1 Å². The first kappa shape index (κ1) is 11.8. The molecule has 0 aliphatic carbocycles. The summed E-state index contributed by atoms with van der Waals surface area (Å²) in [5, 5.41) is 15.1. The predicted molar refractivity (Wildman–Crippen MR) is 63.7 cm³/mol. The van der Waals surface area contributed by atoms with Gasteiger partial charge in [-0.1, -0.05) is 19.8 Å². The van der Waals surface area contributed by atoms with E-state index in [1.165, 1.54) is 19.3 Å². The Kier molecular flexibility index (Phi) is 4.34. The molecular formula is C11H20N4. The summed E-state index contributed by atoms with van der Waals surface area (Å²) in [7, 11) is 1.87. The number of aryl methyl sites for hydroxylation is 1. The fourth-order valence-corrected chi connectivity index (χ4v) is 1.50. The van der Waals surface area contributed by atoms with Crippen LogP contribution in [0.15, 0.2) is 6.07 Å². The SMILES string of the molecule is CCCCCNc1cc(C(C)=N)n(C)n1. The molecular weight excluding hydrogens is 188 g/mol. The summed E-state index contributed by atoms with van der Waals surface area (Å²) in [4.78, 5) is 0. The highest BCUT2D eigenvalue weighted by atomic mass is 15.3. The number of nitrogens with zero attached hydrogens (tertiary/aromatic N) is 2. The fourth-order valence-electron chi connectivity index (χ4n) is 1.50. The topological polar surface area (TPSA) is 53.7 Å². The standard InChI is InChI=1S/C11H20N4/c1-4-5-6-7-13-11-8-10(9(2)12)15(3)14-11/h8,12H,4-7H2,1-3H3,(H,13,14). The van der Waals surface area contributed by atoms with Gasteiger partial charge in [-0.05, 0) is 13.3 Å². The van der Waals surface area contributed by atoms with E-state index in [0.717, 1.165) is 18.1 Å². The Hall–Kier alpha value is -1.32. The third kappa shape index (κ3) is 3.38. The van der Waals surface area contributed by atoms with Gasteiger partial charge in [-0.25, -0.2) is 0 Å². The zero-order valence-electron chi connectivity index (χ0n) is 9.80. The quantitative estimate of drug-likeness (QED) is 0.557. The third-order valence-electron chi connectivity index (χ3n) is 2.35. The monoisotopic (exact) mass is 208 g/mol. The van der Waals surface area contributed by atoms with E-state index in [1.807, 2.05) is 13.1 Å². The second kappa shape index (κ2) is 5.53. The molecule has 0 spiro atoms. The molecule has 0 aliphatic rings. The molecule has 1 heterocycles. The maximum Gasteiger partial charge on any atom is 0.148 e. The van der Waals surface area contributed by atoms with Crippen LogP contribution in [0.3, 0.4) is 0 Å². The van der Waals surface area contributed by atoms with E-state index < -0.39 is 0 Å². The van der Waals surface area contributed by atoms with Crippen LogP contribution in [0.25, 0.3) is 0 Å². The number of anilines is 1. The molecule has 4 heteroatoms. The van der Waals surface area contributed by atoms with Gasteiger partial charge in [0.2, 0.25) is 0 Å². The summed E-state index contributed by atoms with van der Waals surface area (Å²) in [6.07, 6.45) is 3.65. The lowest BCUT2D eigenvalue weighted by Gasteiger charge is -2.00. The lowest BCUT2D eigenvalue weighted by molar-refractivity contribution is 0.732. The molecule has 0 amide bonds. The predicted octanol–water partition coefficient (Wildman–Crippen LogP) is 2.41. The molecule has 0 fully saturated rings. The molecule has 0 radical (unpaired) electrons. The van der Waals surface area contributed by atoms with Crippen LogP contribution in [-0.4, -0.2) is 22.0 Å². The summed E-state index contributed by atoms with van der Waals surface area (Å²) in [6, 6.07) is 1.92. The van der Waals surface area contributed by atoms with Crippen molar-refractivity contribution in [3.8, 4) is 0 Å². The van der Waals surface area contributed by atoms with Crippen molar-refractivity contribution in [3.63, 3.8) is 0 Å². The Labute approximate surface area is 91.2 Å². The molecule has 15 heavy (non-hydrogen) atoms. The fraction of sp³-hybridized carbons (Fsp3) is 0.636. The van der Waals surface area contributed by atoms with Crippen LogP contribution < -0.4 is 5.32 Å². The largest absolute Gasteiger partial charge is 0.369 e. The van der Waals surface area contributed by atoms with E-state index in [2.05, 4.69) is 17.3 Å². The van der Waals surface area contributed by atoms with E-state index in [4.69, 9.17) is 5.41 Å². The summed E-state index contributed by atoms with van der Waals surface area (Å²) in [6.45, 7) is 4.93. The summed E-state index contributed by atoms with van der Waals surface area (Å²) >= 11 is 0. The van der Waals surface area contributed by atoms with Gasteiger partial charge in [0.15, 0.2) is 0 Å². The summed E-state index contributed by atoms with van der Waals surface area (Å²) < 4.78 is 1.74. The number of hydrogen-bond donors (Lipinski definition) is 2. The van der Waals surface area contributed by atoms with Gasteiger partial charge in [-0.15, -0.1) is 0 Å². The van der Waals surface area contributed by atoms with Crippen LogP contribution in [0.5, 0.6) is 0 Å². The maximum absolute atomic E-state index is 7.54. The van der Waals surface area contributed by atoms with Crippen molar-refractivity contribution in [2.24, 2.45) is 7.05 Å². The Morgan fingerprint density at radius 3 is 2.80 bits per heavy atom. The normalized spacial score (nSPS) is 10.3. The van der Waals surface area contributed by atoms with Gasteiger partial charge in [-0.2, -0.15) is 5.10 Å². The van der Waals surface area contributed by atoms with Gasteiger partial charge < -0.3 is 10.7 Å². The zero-order chi connectivity index (χ0) is 11.3. The molecule has 84 valence electrons. The first-order valence-electron chi connectivity index (χ1n) is 5.48. The summed E-state index contributed by atoms with van der Waals surface area (Å²) in [5.74, 6) is 0.871. The van der Waals surface area contributed by atoms with Gasteiger partial charge in [-0.3, -0.25) is 4.68 Å². The smallest absolute Gasteiger partial charge is 0.148 e. The van der Waals surface area contributed by atoms with Crippen LogP contribution in [-0.2, 0) is 7.05 Å². The van der Waals surface area contributed by atoms with Crippen molar-refractivity contribution in [3.05, 3.63) is 11.8 Å². The molecule has 0 atom stereocenters. The molecule has 0 saturated carbocycles. The zero-order valence-corrected chi connectivity index (χ0v) is 9.80. The van der Waals surface area contributed by atoms with Crippen LogP contribution >= 0.6 is 0 Å². The highest BCUT2D eigenvalue weighted by Crippen LogP contribution is 2.09. The Balaban J connectivity index is 2.48. The third-order valence-corrected chi connectivity index (χ3v) is 2.35. The molecule has 0 aliphatic heterocycles. The first-order valence-corrected chi connectivity index (χ1v) is 5.48. The molecule has 0 unspecified atom stereocenters. The highest BCUT2D eigenvalue weighted by Gasteiger charge is 2.05. The van der Waals surface area contributed by atoms with E-state index in [-0.39, 0.29) is 0 Å². The second-order valence-electron chi connectivity index (χ2n) is 3.80. The number of unbranched alkanes of at least 4 members (excludes halogenated alkanes) is 2. The molecule has 2 N–H and O–H groups in total. The van der Waals surface area contributed by atoms with E-state index >= 15 is 0 Å². The van der Waals surface area contributed by atoms with Crippen molar-refractivity contribution >= 4 is 11.5 Å². The van der Waals surface area contributed by atoms with Gasteiger partial charge in [0, 0.05) is 19.7 Å². The van der Waals surface area contributed by atoms with Crippen molar-refractivity contribution < 1.29 is 0 Å². The number of rotatable bonds is 6. The van der Waals surface area contributed by atoms with Gasteiger partial charge >= 0.3 is 0 Å². The maximum atomic E-state index is 7.54. The first-order chi connectivity index (χ1) is 7.15. The molecule has 0 bridgehead atoms. The van der Waals surface area contributed by atoms with E-state index in [0.29, 0.717) is 5.71 Å². The molecule has 0 saturated heterocycles. The average Bonchev–Trinajstić information content (AvgIpc) is 2.55. The van der Waals surface area contributed by atoms with Crippen LogP contribution in [0.2, 0.25) is 0 Å². The van der Waals surface area contributed by atoms with Crippen LogP contribution in [0.4, 0.5) is 5.82 Å². The van der Waals surface area contributed by atoms with E-state index in [9.17, 15) is 0 Å². The van der Waals surface area contributed by atoms with Crippen LogP contribution in [0.1, 0.15) is 38.8 Å². The Bertz CT molecular complexity index is 327. The molecule has 1 rings (SSSR count). The molecule has 0 aromatic carbocycles. The summed E-state index contributed by atoms with van der Waals surface area (Å²) in [5.41, 5.74) is 1.42. The number of hydrogen-bond acceptors (Lipinski definition) is 3. The molecule has 1 aromatic rings. The average molecular weight is 208 g/mol. The van der Waals surface area contributed by atoms with Crippen molar-refractivity contribution in [1.82, 2.24) is 9.78 Å². The lowest BCUT2D eigenvalue weighted by atomic mass is 10.2. The minimum atomic E-state index is 0.548. The number of aromatic nitrogens is 2. The number of nitrogens with one attached hydrogen (secondary N) is 2. The molecule has 4 nitrogen and oxygen atoms in total. The van der Waals surface area contributed by atoms with Gasteiger partial charge in [0.25, 0.3) is 0 Å². The van der Waals surface area contributed by atoms with E-state index in [1.54, 1.807) is 11.6 Å². The Morgan fingerprint density at radius 2 is 2.27 bits per heavy atom. The Morgan fingerprint density at radius 1 is 1.53 bits per heavy atom. The van der Waals surface area contributed by atoms with Crippen molar-refractivity contribution in [1.29, 1.82) is 5.41 Å². The van der Waals surface area contributed by atoms with Gasteiger partial charge in [0.05, 0.1) is 11.4 Å². The lowest BCUT2D eigenvalue weighted by Crippen LogP contribution is -2.03. The van der Waals surface area contributed by atoms with Gasteiger partial charge in [0.1, 0.15) is 5.82 Å². The van der Waals surface area contributed by atoms with Crippen molar-refractivity contribution in [2.75, 3.05) is 11.9 Å². The molecule has 1 aromatic heterocycles.